The molecule has 3 aliphatic heterocycles. The van der Waals surface area contributed by atoms with Crippen molar-refractivity contribution in [2.75, 3.05) is 51.7 Å². The molecule has 6 rings (SSSR count). The monoisotopic (exact) mass is 510 g/mol. The van der Waals surface area contributed by atoms with Crippen molar-refractivity contribution in [1.82, 2.24) is 23.8 Å². The normalized spacial score (nSPS) is 28.4. The lowest BCUT2D eigenvalue weighted by Gasteiger charge is -2.46. The number of benzene rings is 1. The van der Waals surface area contributed by atoms with Gasteiger partial charge in [0.05, 0.1) is 11.7 Å². The van der Waals surface area contributed by atoms with E-state index in [4.69, 9.17) is 4.98 Å². The lowest BCUT2D eigenvalue weighted by molar-refractivity contribution is 0.190. The van der Waals surface area contributed by atoms with Gasteiger partial charge in [-0.3, -0.25) is 9.88 Å². The molecule has 0 spiro atoms. The Morgan fingerprint density at radius 1 is 1.11 bits per heavy atom. The molecular formula is C27H38N6O2S. The molecule has 0 radical (unpaired) electrons. The van der Waals surface area contributed by atoms with E-state index in [1.807, 2.05) is 6.20 Å². The maximum Gasteiger partial charge on any atom is 0.282 e. The Kier molecular flexibility index (Phi) is 6.54. The van der Waals surface area contributed by atoms with Gasteiger partial charge in [-0.2, -0.15) is 17.0 Å². The molecule has 4 heterocycles. The molecule has 4 aliphatic rings. The molecule has 0 saturated carbocycles. The summed E-state index contributed by atoms with van der Waals surface area (Å²) < 4.78 is 28.8. The first kappa shape index (κ1) is 24.3. The predicted octanol–water partition coefficient (Wildman–Crippen LogP) is 2.18. The summed E-state index contributed by atoms with van der Waals surface area (Å²) in [7, 11) is 0.619. The number of nitrogens with one attached hydrogen (secondary N) is 1. The van der Waals surface area contributed by atoms with E-state index >= 15 is 0 Å². The smallest absolute Gasteiger partial charge is 0.282 e. The molecule has 9 heteroatoms. The van der Waals surface area contributed by atoms with Gasteiger partial charge in [-0.25, -0.2) is 0 Å². The fraction of sp³-hybridized carbons (Fsp3) is 0.593. The van der Waals surface area contributed by atoms with Gasteiger partial charge in [0.1, 0.15) is 0 Å². The highest BCUT2D eigenvalue weighted by Crippen LogP contribution is 2.35. The number of pyridine rings is 1. The van der Waals surface area contributed by atoms with Crippen LogP contribution in [0.3, 0.4) is 0 Å². The molecule has 2 fully saturated rings. The van der Waals surface area contributed by atoms with E-state index in [2.05, 4.69) is 52.5 Å². The number of aromatic nitrogens is 1. The van der Waals surface area contributed by atoms with Crippen molar-refractivity contribution in [2.45, 2.75) is 56.8 Å². The van der Waals surface area contributed by atoms with Gasteiger partial charge in [0.25, 0.3) is 10.2 Å². The molecule has 1 N–H and O–H groups in total. The van der Waals surface area contributed by atoms with Gasteiger partial charge in [0, 0.05) is 70.3 Å². The highest BCUT2D eigenvalue weighted by Gasteiger charge is 2.41. The van der Waals surface area contributed by atoms with E-state index in [-0.39, 0.29) is 6.04 Å². The first-order valence-corrected chi connectivity index (χ1v) is 14.8. The molecule has 194 valence electrons. The highest BCUT2D eigenvalue weighted by atomic mass is 32.2. The van der Waals surface area contributed by atoms with Gasteiger partial charge >= 0.3 is 0 Å². The van der Waals surface area contributed by atoms with Crippen molar-refractivity contribution >= 4 is 15.9 Å². The summed E-state index contributed by atoms with van der Waals surface area (Å²) in [5.74, 6) is 0. The van der Waals surface area contributed by atoms with Crippen molar-refractivity contribution < 1.29 is 8.42 Å². The third-order valence-electron chi connectivity index (χ3n) is 8.72. The van der Waals surface area contributed by atoms with Gasteiger partial charge in [-0.05, 0) is 68.0 Å². The van der Waals surface area contributed by atoms with Crippen LogP contribution >= 0.6 is 0 Å². The van der Waals surface area contributed by atoms with Gasteiger partial charge in [-0.1, -0.05) is 18.2 Å². The van der Waals surface area contributed by atoms with Crippen molar-refractivity contribution in [3.63, 3.8) is 0 Å². The van der Waals surface area contributed by atoms with Gasteiger partial charge < -0.3 is 10.2 Å². The van der Waals surface area contributed by atoms with E-state index in [1.165, 1.54) is 45.2 Å². The number of rotatable bonds is 4. The van der Waals surface area contributed by atoms with Crippen molar-refractivity contribution in [3.8, 4) is 0 Å². The molecule has 1 aromatic carbocycles. The zero-order valence-corrected chi connectivity index (χ0v) is 22.3. The third-order valence-corrected chi connectivity index (χ3v) is 10.8. The van der Waals surface area contributed by atoms with E-state index in [0.717, 1.165) is 45.4 Å². The number of likely N-dealkylation sites (N-methyl/N-ethyl adjacent to an activating group) is 1. The average molecular weight is 511 g/mol. The van der Waals surface area contributed by atoms with Crippen molar-refractivity contribution in [3.05, 3.63) is 58.9 Å². The third kappa shape index (κ3) is 4.35. The number of hydrogen-bond acceptors (Lipinski definition) is 6. The maximum absolute atomic E-state index is 12.8. The molecule has 1 aromatic heterocycles. The number of piperazine rings is 1. The van der Waals surface area contributed by atoms with Gasteiger partial charge in [0.15, 0.2) is 0 Å². The van der Waals surface area contributed by atoms with Gasteiger partial charge in [-0.15, -0.1) is 0 Å². The molecule has 36 heavy (non-hydrogen) atoms. The predicted molar refractivity (Wildman–Crippen MR) is 142 cm³/mol. The average Bonchev–Trinajstić information content (AvgIpc) is 2.90. The number of aryl methyl sites for hydroxylation is 1. The van der Waals surface area contributed by atoms with E-state index in [1.54, 1.807) is 11.4 Å². The SMILES string of the molecule is CN(C[C@H]1Cc2c(cccc2N2CCN3[C@H](CCN(C)S3(=O)=O)C2)CN1)[C@H]1CCCc2cccnc21. The van der Waals surface area contributed by atoms with Crippen LogP contribution < -0.4 is 10.2 Å². The minimum absolute atomic E-state index is 0.0540. The number of anilines is 1. The van der Waals surface area contributed by atoms with Crippen LogP contribution in [-0.4, -0.2) is 85.8 Å². The summed E-state index contributed by atoms with van der Waals surface area (Å²) >= 11 is 0. The summed E-state index contributed by atoms with van der Waals surface area (Å²) in [6.45, 7) is 4.52. The Bertz CT molecular complexity index is 1220. The number of fused-ring (bicyclic) bond motifs is 3. The molecule has 0 amide bonds. The summed E-state index contributed by atoms with van der Waals surface area (Å²) in [5, 5.41) is 3.79. The van der Waals surface area contributed by atoms with Crippen LogP contribution in [-0.2, 0) is 29.6 Å². The van der Waals surface area contributed by atoms with Crippen molar-refractivity contribution in [2.24, 2.45) is 0 Å². The molecule has 0 bridgehead atoms. The molecule has 3 atom stereocenters. The quantitative estimate of drug-likeness (QED) is 0.680. The van der Waals surface area contributed by atoms with Crippen LogP contribution in [0.4, 0.5) is 5.69 Å². The molecule has 2 saturated heterocycles. The Labute approximate surface area is 215 Å². The summed E-state index contributed by atoms with van der Waals surface area (Å²) in [4.78, 5) is 9.69. The Hall–Kier alpha value is -2.04. The highest BCUT2D eigenvalue weighted by molar-refractivity contribution is 7.86. The second-order valence-corrected chi connectivity index (χ2v) is 12.9. The second-order valence-electron chi connectivity index (χ2n) is 10.9. The summed E-state index contributed by atoms with van der Waals surface area (Å²) in [6, 6.07) is 11.7. The number of nitrogens with zero attached hydrogens (tertiary/aromatic N) is 5. The Balaban J connectivity index is 1.17. The Morgan fingerprint density at radius 3 is 2.86 bits per heavy atom. The molecule has 1 aliphatic carbocycles. The zero-order valence-electron chi connectivity index (χ0n) is 21.4. The topological polar surface area (TPSA) is 72.0 Å². The molecular weight excluding hydrogens is 472 g/mol. The van der Waals surface area contributed by atoms with Crippen LogP contribution in [0.15, 0.2) is 36.5 Å². The zero-order chi connectivity index (χ0) is 24.9. The van der Waals surface area contributed by atoms with Crippen molar-refractivity contribution in [1.29, 1.82) is 0 Å². The Morgan fingerprint density at radius 2 is 1.97 bits per heavy atom. The standard InChI is InChI=1S/C27H38N6O2S/c1-30(26-10-3-6-20-8-5-12-28-27(20)26)18-22-16-24-21(17-29-22)7-4-9-25(24)32-14-15-33-23(19-32)11-13-31(2)36(33,34)35/h4-5,7-9,12,22-23,26,29H,3,6,10-11,13-19H2,1-2H3/t22-,23-,26+/m1/s1. The first-order valence-electron chi connectivity index (χ1n) is 13.4. The minimum Gasteiger partial charge on any atom is -0.368 e. The van der Waals surface area contributed by atoms with Crippen LogP contribution in [0.25, 0.3) is 0 Å². The fourth-order valence-corrected chi connectivity index (χ4v) is 8.29. The van der Waals surface area contributed by atoms with Gasteiger partial charge in [0.2, 0.25) is 0 Å². The van der Waals surface area contributed by atoms with Crippen LogP contribution in [0, 0.1) is 0 Å². The lowest BCUT2D eigenvalue weighted by atomic mass is 9.89. The largest absolute Gasteiger partial charge is 0.368 e. The first-order chi connectivity index (χ1) is 17.4. The lowest BCUT2D eigenvalue weighted by Crippen LogP contribution is -2.61. The van der Waals surface area contributed by atoms with E-state index < -0.39 is 10.2 Å². The number of hydrogen-bond donors (Lipinski definition) is 1. The minimum atomic E-state index is -3.32. The maximum atomic E-state index is 12.8. The molecule has 0 unspecified atom stereocenters. The van der Waals surface area contributed by atoms with Crippen LogP contribution in [0.1, 0.15) is 47.7 Å². The van der Waals surface area contributed by atoms with E-state index in [9.17, 15) is 8.42 Å². The van der Waals surface area contributed by atoms with E-state index in [0.29, 0.717) is 25.2 Å². The second kappa shape index (κ2) is 9.68. The molecule has 2 aromatic rings. The molecule has 8 nitrogen and oxygen atoms in total. The van der Waals surface area contributed by atoms with Crippen LogP contribution in [0.5, 0.6) is 0 Å². The fourth-order valence-electron chi connectivity index (χ4n) is 6.73. The summed E-state index contributed by atoms with van der Waals surface area (Å²) in [5.41, 5.74) is 6.76. The summed E-state index contributed by atoms with van der Waals surface area (Å²) in [6.07, 6.45) is 7.33. The van der Waals surface area contributed by atoms with Crippen LogP contribution in [0.2, 0.25) is 0 Å².